The van der Waals surface area contributed by atoms with Crippen LogP contribution in [0.2, 0.25) is 5.02 Å². The highest BCUT2D eigenvalue weighted by Crippen LogP contribution is 2.31. The van der Waals surface area contributed by atoms with Crippen LogP contribution in [-0.4, -0.2) is 51.3 Å². The SMILES string of the molecule is CC(C)[C@H](N)C(=O)N[C@@H]1CN(C(=O)c2cccn3cncc23)CC[C@H]1c1cccc(Cl)c1. The molecule has 0 aliphatic carbocycles. The molecule has 3 aromatic rings. The number of hydrogen-bond donors (Lipinski definition) is 2. The lowest BCUT2D eigenvalue weighted by Gasteiger charge is -2.40. The maximum Gasteiger partial charge on any atom is 0.256 e. The normalized spacial score (nSPS) is 19.8. The molecule has 0 spiro atoms. The van der Waals surface area contributed by atoms with Gasteiger partial charge in [0.1, 0.15) is 0 Å². The maximum absolute atomic E-state index is 13.4. The molecule has 8 heteroatoms. The number of nitrogens with two attached hydrogens (primary N) is 1. The third kappa shape index (κ3) is 4.49. The molecule has 32 heavy (non-hydrogen) atoms. The monoisotopic (exact) mass is 453 g/mol. The molecular formula is C24H28ClN5O2. The number of halogens is 1. The van der Waals surface area contributed by atoms with Gasteiger partial charge in [-0.25, -0.2) is 4.98 Å². The Balaban J connectivity index is 1.60. The Hall–Kier alpha value is -2.90. The number of nitrogens with one attached hydrogen (secondary N) is 1. The van der Waals surface area contributed by atoms with Crippen LogP contribution in [0, 0.1) is 5.92 Å². The average molecular weight is 454 g/mol. The predicted octanol–water partition coefficient (Wildman–Crippen LogP) is 3.09. The first-order valence-electron chi connectivity index (χ1n) is 10.9. The number of carbonyl (C=O) groups excluding carboxylic acids is 2. The van der Waals surface area contributed by atoms with Gasteiger partial charge in [-0.15, -0.1) is 0 Å². The van der Waals surface area contributed by atoms with Gasteiger partial charge in [-0.2, -0.15) is 0 Å². The topological polar surface area (TPSA) is 92.7 Å². The van der Waals surface area contributed by atoms with Gasteiger partial charge in [0, 0.05) is 30.2 Å². The summed E-state index contributed by atoms with van der Waals surface area (Å²) in [6.45, 7) is 4.80. The number of rotatable bonds is 5. The van der Waals surface area contributed by atoms with E-state index in [2.05, 4.69) is 10.3 Å². The number of aromatic nitrogens is 2. The summed E-state index contributed by atoms with van der Waals surface area (Å²) in [6.07, 6.45) is 5.93. The quantitative estimate of drug-likeness (QED) is 0.620. The van der Waals surface area contributed by atoms with E-state index >= 15 is 0 Å². The second-order valence-electron chi connectivity index (χ2n) is 8.69. The van der Waals surface area contributed by atoms with E-state index in [0.717, 1.165) is 11.1 Å². The van der Waals surface area contributed by atoms with Crippen LogP contribution in [0.4, 0.5) is 0 Å². The number of amides is 2. The van der Waals surface area contributed by atoms with Crippen LogP contribution in [0.25, 0.3) is 5.52 Å². The van der Waals surface area contributed by atoms with Crippen molar-refractivity contribution in [2.24, 2.45) is 11.7 Å². The predicted molar refractivity (Wildman–Crippen MR) is 125 cm³/mol. The zero-order chi connectivity index (χ0) is 22.8. The molecule has 3 N–H and O–H groups in total. The first-order chi connectivity index (χ1) is 15.3. The summed E-state index contributed by atoms with van der Waals surface area (Å²) in [5.41, 5.74) is 8.50. The number of carbonyl (C=O) groups is 2. The second-order valence-corrected chi connectivity index (χ2v) is 9.13. The molecule has 3 atom stereocenters. The van der Waals surface area contributed by atoms with Crippen LogP contribution in [0.1, 0.15) is 42.1 Å². The lowest BCUT2D eigenvalue weighted by atomic mass is 9.84. The smallest absolute Gasteiger partial charge is 0.256 e. The fourth-order valence-electron chi connectivity index (χ4n) is 4.30. The summed E-state index contributed by atoms with van der Waals surface area (Å²) in [4.78, 5) is 32.2. The Morgan fingerprint density at radius 1 is 1.25 bits per heavy atom. The molecule has 168 valence electrons. The molecule has 1 aliphatic rings. The molecule has 1 fully saturated rings. The molecule has 1 saturated heterocycles. The summed E-state index contributed by atoms with van der Waals surface area (Å²) >= 11 is 6.23. The van der Waals surface area contributed by atoms with E-state index < -0.39 is 6.04 Å². The average Bonchev–Trinajstić information content (AvgIpc) is 3.27. The van der Waals surface area contributed by atoms with E-state index in [-0.39, 0.29) is 29.7 Å². The van der Waals surface area contributed by atoms with Crippen LogP contribution < -0.4 is 11.1 Å². The highest BCUT2D eigenvalue weighted by atomic mass is 35.5. The lowest BCUT2D eigenvalue weighted by Crippen LogP contribution is -2.56. The van der Waals surface area contributed by atoms with Crippen LogP contribution >= 0.6 is 11.6 Å². The number of hydrogen-bond acceptors (Lipinski definition) is 4. The molecule has 2 aromatic heterocycles. The molecule has 2 amide bonds. The number of nitrogens with zero attached hydrogens (tertiary/aromatic N) is 3. The van der Waals surface area contributed by atoms with Crippen molar-refractivity contribution < 1.29 is 9.59 Å². The van der Waals surface area contributed by atoms with Crippen molar-refractivity contribution >= 4 is 28.9 Å². The number of likely N-dealkylation sites (tertiary alicyclic amines) is 1. The molecule has 0 saturated carbocycles. The van der Waals surface area contributed by atoms with E-state index in [4.69, 9.17) is 17.3 Å². The van der Waals surface area contributed by atoms with Crippen molar-refractivity contribution in [3.8, 4) is 0 Å². The van der Waals surface area contributed by atoms with Gasteiger partial charge in [-0.05, 0) is 42.2 Å². The number of imidazole rings is 1. The molecule has 7 nitrogen and oxygen atoms in total. The van der Waals surface area contributed by atoms with Crippen LogP contribution in [0.5, 0.6) is 0 Å². The van der Waals surface area contributed by atoms with Gasteiger partial charge in [0.05, 0.1) is 35.7 Å². The summed E-state index contributed by atoms with van der Waals surface area (Å²) in [6, 6.07) is 10.5. The Labute approximate surface area is 192 Å². The number of piperidine rings is 1. The first kappa shape index (κ1) is 22.3. The van der Waals surface area contributed by atoms with Gasteiger partial charge < -0.3 is 20.4 Å². The van der Waals surface area contributed by atoms with E-state index in [9.17, 15) is 9.59 Å². The molecule has 4 rings (SSSR count). The molecule has 0 bridgehead atoms. The summed E-state index contributed by atoms with van der Waals surface area (Å²) in [5, 5.41) is 3.77. The van der Waals surface area contributed by atoms with Crippen molar-refractivity contribution in [3.05, 3.63) is 71.3 Å². The van der Waals surface area contributed by atoms with Gasteiger partial charge in [0.2, 0.25) is 5.91 Å². The Morgan fingerprint density at radius 2 is 2.06 bits per heavy atom. The minimum absolute atomic E-state index is 0.0143. The Kier molecular flexibility index (Phi) is 6.48. The highest BCUT2D eigenvalue weighted by Gasteiger charge is 2.35. The second kappa shape index (κ2) is 9.30. The van der Waals surface area contributed by atoms with E-state index in [1.54, 1.807) is 17.4 Å². The third-order valence-corrected chi connectivity index (χ3v) is 6.44. The summed E-state index contributed by atoms with van der Waals surface area (Å²) in [5.74, 6) is -0.232. The van der Waals surface area contributed by atoms with Crippen LogP contribution in [0.3, 0.4) is 0 Å². The molecule has 3 heterocycles. The lowest BCUT2D eigenvalue weighted by molar-refractivity contribution is -0.124. The van der Waals surface area contributed by atoms with E-state index in [1.165, 1.54) is 0 Å². The zero-order valence-corrected chi connectivity index (χ0v) is 19.0. The van der Waals surface area contributed by atoms with Crippen molar-refractivity contribution in [1.29, 1.82) is 0 Å². The number of fused-ring (bicyclic) bond motifs is 1. The van der Waals surface area contributed by atoms with Gasteiger partial charge >= 0.3 is 0 Å². The molecule has 0 unspecified atom stereocenters. The highest BCUT2D eigenvalue weighted by molar-refractivity contribution is 6.30. The van der Waals surface area contributed by atoms with Crippen LogP contribution in [0.15, 0.2) is 55.1 Å². The minimum Gasteiger partial charge on any atom is -0.350 e. The van der Waals surface area contributed by atoms with Gasteiger partial charge in [0.25, 0.3) is 5.91 Å². The summed E-state index contributed by atoms with van der Waals surface area (Å²) < 4.78 is 1.83. The van der Waals surface area contributed by atoms with E-state index in [0.29, 0.717) is 30.1 Å². The fraction of sp³-hybridized carbons (Fsp3) is 0.375. The van der Waals surface area contributed by atoms with Crippen molar-refractivity contribution in [2.45, 2.75) is 38.3 Å². The summed E-state index contributed by atoms with van der Waals surface area (Å²) in [7, 11) is 0. The Bertz CT molecular complexity index is 1130. The molecular weight excluding hydrogens is 426 g/mol. The molecule has 0 radical (unpaired) electrons. The largest absolute Gasteiger partial charge is 0.350 e. The molecule has 1 aliphatic heterocycles. The Morgan fingerprint density at radius 3 is 2.81 bits per heavy atom. The van der Waals surface area contributed by atoms with Crippen molar-refractivity contribution in [1.82, 2.24) is 19.6 Å². The van der Waals surface area contributed by atoms with Crippen molar-refractivity contribution in [2.75, 3.05) is 13.1 Å². The minimum atomic E-state index is -0.610. The fourth-order valence-corrected chi connectivity index (χ4v) is 4.50. The first-order valence-corrected chi connectivity index (χ1v) is 11.2. The number of pyridine rings is 1. The molecule has 1 aromatic carbocycles. The standard InChI is InChI=1S/C24H28ClN5O2/c1-15(2)22(26)23(31)28-20-13-29(10-8-18(20)16-5-3-6-17(25)11-16)24(32)19-7-4-9-30-14-27-12-21(19)30/h3-7,9,11-12,14-15,18,20,22H,8,10,13,26H2,1-2H3,(H,28,31)/t18-,20+,22-/m0/s1. The van der Waals surface area contributed by atoms with Crippen LogP contribution in [-0.2, 0) is 4.79 Å². The van der Waals surface area contributed by atoms with E-state index in [1.807, 2.05) is 60.8 Å². The van der Waals surface area contributed by atoms with Crippen molar-refractivity contribution in [3.63, 3.8) is 0 Å². The van der Waals surface area contributed by atoms with Gasteiger partial charge in [-0.1, -0.05) is 37.6 Å². The maximum atomic E-state index is 13.4. The third-order valence-electron chi connectivity index (χ3n) is 6.21. The zero-order valence-electron chi connectivity index (χ0n) is 18.2. The van der Waals surface area contributed by atoms with Gasteiger partial charge in [-0.3, -0.25) is 9.59 Å². The number of benzene rings is 1. The van der Waals surface area contributed by atoms with Gasteiger partial charge in [0.15, 0.2) is 0 Å².